The van der Waals surface area contributed by atoms with Crippen LogP contribution in [0, 0.1) is 0 Å². The van der Waals surface area contributed by atoms with Crippen LogP contribution in [0.3, 0.4) is 0 Å². The number of carbonyl (C=O) groups excluding carboxylic acids is 1. The maximum Gasteiger partial charge on any atom is 0.383 e. The minimum absolute atomic E-state index is 0.0552. The molecular formula is C28H23N3O4. The number of allylic oxidation sites excluding steroid dienone is 1. The molecule has 174 valence electrons. The van der Waals surface area contributed by atoms with E-state index in [9.17, 15) is 4.79 Å². The molecule has 7 nitrogen and oxygen atoms in total. The van der Waals surface area contributed by atoms with E-state index in [0.29, 0.717) is 12.3 Å². The summed E-state index contributed by atoms with van der Waals surface area (Å²) in [4.78, 5) is 12.7. The average molecular weight is 466 g/mol. The van der Waals surface area contributed by atoms with Gasteiger partial charge in [0.05, 0.1) is 12.7 Å². The minimum Gasteiger partial charge on any atom is -0.481 e. The first-order valence-corrected chi connectivity index (χ1v) is 11.2. The van der Waals surface area contributed by atoms with Crippen molar-refractivity contribution in [3.8, 4) is 11.3 Å². The summed E-state index contributed by atoms with van der Waals surface area (Å²) >= 11 is 0. The van der Waals surface area contributed by atoms with E-state index < -0.39 is 5.97 Å². The third-order valence-corrected chi connectivity index (χ3v) is 5.34. The Hall–Kier alpha value is -4.65. The molecule has 7 heteroatoms. The van der Waals surface area contributed by atoms with Crippen LogP contribution in [-0.4, -0.2) is 21.0 Å². The molecule has 2 heterocycles. The molecule has 4 aromatic rings. The molecule has 1 aromatic heterocycles. The summed E-state index contributed by atoms with van der Waals surface area (Å²) in [6.07, 6.45) is 3.57. The van der Waals surface area contributed by atoms with Crippen LogP contribution in [0.15, 0.2) is 121 Å². The van der Waals surface area contributed by atoms with Gasteiger partial charge in [0.25, 0.3) is 5.76 Å². The molecule has 5 rings (SSSR count). The van der Waals surface area contributed by atoms with Crippen LogP contribution < -0.4 is 0 Å². The predicted molar refractivity (Wildman–Crippen MR) is 129 cm³/mol. The van der Waals surface area contributed by atoms with E-state index in [4.69, 9.17) is 14.2 Å². The van der Waals surface area contributed by atoms with Crippen LogP contribution in [0.1, 0.15) is 11.1 Å². The number of esters is 1. The van der Waals surface area contributed by atoms with Gasteiger partial charge in [-0.25, -0.2) is 9.48 Å². The molecule has 0 unspecified atom stereocenters. The summed E-state index contributed by atoms with van der Waals surface area (Å²) in [5.74, 6) is 0.0438. The molecule has 1 aliphatic rings. The zero-order valence-electron chi connectivity index (χ0n) is 18.9. The van der Waals surface area contributed by atoms with Crippen LogP contribution in [0.5, 0.6) is 0 Å². The zero-order chi connectivity index (χ0) is 23.9. The second-order valence-corrected chi connectivity index (χ2v) is 7.86. The van der Waals surface area contributed by atoms with E-state index in [2.05, 4.69) is 10.3 Å². The molecular weight excluding hydrogens is 442 g/mol. The van der Waals surface area contributed by atoms with Crippen LogP contribution in [-0.2, 0) is 38.8 Å². The molecule has 0 aliphatic carbocycles. The summed E-state index contributed by atoms with van der Waals surface area (Å²) in [5, 5.41) is 8.41. The Labute approximate surface area is 202 Å². The molecule has 0 N–H and O–H groups in total. The minimum atomic E-state index is -0.584. The van der Waals surface area contributed by atoms with E-state index in [1.54, 1.807) is 10.8 Å². The van der Waals surface area contributed by atoms with Crippen molar-refractivity contribution in [3.05, 3.63) is 132 Å². The predicted octanol–water partition coefficient (Wildman–Crippen LogP) is 5.03. The summed E-state index contributed by atoms with van der Waals surface area (Å²) in [6.45, 7) is 0.830. The number of ether oxygens (including phenoxy) is 3. The second kappa shape index (κ2) is 10.5. The van der Waals surface area contributed by atoms with Crippen molar-refractivity contribution in [2.24, 2.45) is 0 Å². The first-order valence-electron chi connectivity index (χ1n) is 11.2. The first-order chi connectivity index (χ1) is 17.3. The topological polar surface area (TPSA) is 75.5 Å². The molecule has 0 spiro atoms. The van der Waals surface area contributed by atoms with Gasteiger partial charge in [-0.05, 0) is 17.2 Å². The third-order valence-electron chi connectivity index (χ3n) is 5.34. The van der Waals surface area contributed by atoms with Crippen molar-refractivity contribution in [3.63, 3.8) is 0 Å². The van der Waals surface area contributed by atoms with Crippen molar-refractivity contribution >= 4 is 5.97 Å². The summed E-state index contributed by atoms with van der Waals surface area (Å²) in [5.41, 5.74) is 3.63. The Morgan fingerprint density at radius 1 is 0.771 bits per heavy atom. The highest BCUT2D eigenvalue weighted by Gasteiger charge is 2.34. The highest BCUT2D eigenvalue weighted by molar-refractivity contribution is 5.91. The summed E-state index contributed by atoms with van der Waals surface area (Å²) < 4.78 is 19.1. The molecule has 0 atom stereocenters. The van der Waals surface area contributed by atoms with Crippen molar-refractivity contribution in [2.45, 2.75) is 19.8 Å². The SMILES string of the molecule is O=C1O/C(=C\Cn2cc(-c3ccccc3)nn2)C(OCc2ccccc2)=C1OCc1ccccc1. The molecule has 3 aromatic carbocycles. The lowest BCUT2D eigenvalue weighted by atomic mass is 10.2. The van der Waals surface area contributed by atoms with Crippen molar-refractivity contribution < 1.29 is 19.0 Å². The van der Waals surface area contributed by atoms with Gasteiger partial charge in [-0.2, -0.15) is 0 Å². The number of aromatic nitrogens is 3. The number of hydrogen-bond donors (Lipinski definition) is 0. The molecule has 0 saturated carbocycles. The molecule has 0 fully saturated rings. The summed E-state index contributed by atoms with van der Waals surface area (Å²) in [6, 6.07) is 29.1. The fourth-order valence-electron chi connectivity index (χ4n) is 3.56. The Bertz CT molecular complexity index is 1350. The molecule has 0 amide bonds. The fraction of sp³-hybridized carbons (Fsp3) is 0.107. The highest BCUT2D eigenvalue weighted by Crippen LogP contribution is 2.30. The maximum atomic E-state index is 12.7. The molecule has 0 saturated heterocycles. The Kier molecular flexibility index (Phi) is 6.66. The number of carbonyl (C=O) groups is 1. The quantitative estimate of drug-likeness (QED) is 0.323. The van der Waals surface area contributed by atoms with Gasteiger partial charge in [-0.1, -0.05) is 96.2 Å². The van der Waals surface area contributed by atoms with Gasteiger partial charge in [0.2, 0.25) is 5.76 Å². The Morgan fingerprint density at radius 2 is 1.34 bits per heavy atom. The Balaban J connectivity index is 1.36. The lowest BCUT2D eigenvalue weighted by molar-refractivity contribution is -0.136. The van der Waals surface area contributed by atoms with Crippen LogP contribution in [0.2, 0.25) is 0 Å². The van der Waals surface area contributed by atoms with Gasteiger partial charge in [0, 0.05) is 5.56 Å². The zero-order valence-corrected chi connectivity index (χ0v) is 18.9. The fourth-order valence-corrected chi connectivity index (χ4v) is 3.56. The standard InChI is InChI=1S/C28H23N3O4/c32-28-27(34-20-22-12-6-2-7-13-22)26(33-19-21-10-4-1-5-11-21)25(35-28)16-17-31-18-24(29-30-31)23-14-8-3-9-15-23/h1-16,18H,17,19-20H2/b25-16-. The third kappa shape index (κ3) is 5.47. The average Bonchev–Trinajstić information content (AvgIpc) is 3.51. The molecule has 0 radical (unpaired) electrons. The normalized spacial score (nSPS) is 14.3. The molecule has 1 aliphatic heterocycles. The first kappa shape index (κ1) is 22.2. The molecule has 35 heavy (non-hydrogen) atoms. The smallest absolute Gasteiger partial charge is 0.383 e. The van der Waals surface area contributed by atoms with Crippen molar-refractivity contribution in [2.75, 3.05) is 0 Å². The largest absolute Gasteiger partial charge is 0.481 e. The van der Waals surface area contributed by atoms with E-state index >= 15 is 0 Å². The number of rotatable bonds is 9. The van der Waals surface area contributed by atoms with E-state index in [1.165, 1.54) is 0 Å². The van der Waals surface area contributed by atoms with Gasteiger partial charge < -0.3 is 14.2 Å². The van der Waals surface area contributed by atoms with E-state index in [-0.39, 0.29) is 24.7 Å². The van der Waals surface area contributed by atoms with Gasteiger partial charge in [-0.3, -0.25) is 0 Å². The number of cyclic esters (lactones) is 1. The highest BCUT2D eigenvalue weighted by atomic mass is 16.6. The van der Waals surface area contributed by atoms with Gasteiger partial charge in [-0.15, -0.1) is 5.10 Å². The van der Waals surface area contributed by atoms with Crippen LogP contribution >= 0.6 is 0 Å². The Morgan fingerprint density at radius 3 is 1.97 bits per heavy atom. The van der Waals surface area contributed by atoms with Crippen molar-refractivity contribution in [1.82, 2.24) is 15.0 Å². The number of hydrogen-bond acceptors (Lipinski definition) is 6. The van der Waals surface area contributed by atoms with Crippen molar-refractivity contribution in [1.29, 1.82) is 0 Å². The summed E-state index contributed by atoms with van der Waals surface area (Å²) in [7, 11) is 0. The van der Waals surface area contributed by atoms with Crippen LogP contribution in [0.25, 0.3) is 11.3 Å². The number of nitrogens with zero attached hydrogens (tertiary/aromatic N) is 3. The second-order valence-electron chi connectivity index (χ2n) is 7.86. The monoisotopic (exact) mass is 465 g/mol. The maximum absolute atomic E-state index is 12.7. The van der Waals surface area contributed by atoms with E-state index in [1.807, 2.05) is 97.2 Å². The van der Waals surface area contributed by atoms with Crippen LogP contribution in [0.4, 0.5) is 0 Å². The van der Waals surface area contributed by atoms with E-state index in [0.717, 1.165) is 22.4 Å². The van der Waals surface area contributed by atoms with Gasteiger partial charge >= 0.3 is 5.97 Å². The molecule has 0 bridgehead atoms. The lowest BCUT2D eigenvalue weighted by Gasteiger charge is -2.10. The van der Waals surface area contributed by atoms with Gasteiger partial charge in [0.1, 0.15) is 18.9 Å². The van der Waals surface area contributed by atoms with Gasteiger partial charge in [0.15, 0.2) is 5.76 Å². The number of benzene rings is 3. The lowest BCUT2D eigenvalue weighted by Crippen LogP contribution is -2.04.